The third-order valence-electron chi connectivity index (χ3n) is 8.79. The fraction of sp³-hybridized carbons (Fsp3) is 0.567. The van der Waals surface area contributed by atoms with Gasteiger partial charge in [0, 0.05) is 63.8 Å². The number of anilines is 1. The van der Waals surface area contributed by atoms with E-state index in [4.69, 9.17) is 9.47 Å². The van der Waals surface area contributed by atoms with Crippen molar-refractivity contribution in [3.05, 3.63) is 35.0 Å². The molecule has 14 nitrogen and oxygen atoms in total. The van der Waals surface area contributed by atoms with E-state index in [1.54, 1.807) is 26.9 Å². The third kappa shape index (κ3) is 6.09. The van der Waals surface area contributed by atoms with Gasteiger partial charge in [-0.25, -0.2) is 19.4 Å². The number of carbonyl (C=O) groups excluding carboxylic acids is 4. The molecule has 0 radical (unpaired) electrons. The second-order valence-corrected chi connectivity index (χ2v) is 11.6. The first kappa shape index (κ1) is 29.9. The summed E-state index contributed by atoms with van der Waals surface area (Å²) >= 11 is 0. The fourth-order valence-electron chi connectivity index (χ4n) is 6.30. The van der Waals surface area contributed by atoms with Crippen LogP contribution in [0.3, 0.4) is 0 Å². The van der Waals surface area contributed by atoms with Crippen LogP contribution >= 0.6 is 0 Å². The lowest BCUT2D eigenvalue weighted by atomic mass is 9.90. The highest BCUT2D eigenvalue weighted by Crippen LogP contribution is 2.43. The number of benzene rings is 1. The third-order valence-corrected chi connectivity index (χ3v) is 8.79. The number of nitrogens with zero attached hydrogens (tertiary/aromatic N) is 5. The van der Waals surface area contributed by atoms with Crippen LogP contribution in [-0.2, 0) is 9.47 Å². The van der Waals surface area contributed by atoms with Gasteiger partial charge >= 0.3 is 18.2 Å². The molecular weight excluding hydrogens is 568 g/mol. The minimum atomic E-state index is -0.412. The van der Waals surface area contributed by atoms with Crippen molar-refractivity contribution in [2.24, 2.45) is 0 Å². The zero-order valence-electron chi connectivity index (χ0n) is 25.1. The van der Waals surface area contributed by atoms with Crippen LogP contribution in [-0.4, -0.2) is 126 Å². The van der Waals surface area contributed by atoms with Gasteiger partial charge in [-0.2, -0.15) is 5.10 Å². The van der Waals surface area contributed by atoms with Gasteiger partial charge < -0.3 is 29.5 Å². The Balaban J connectivity index is 1.04. The highest BCUT2D eigenvalue weighted by molar-refractivity contribution is 6.25. The van der Waals surface area contributed by atoms with Crippen molar-refractivity contribution < 1.29 is 28.7 Å². The van der Waals surface area contributed by atoms with E-state index in [0.717, 1.165) is 18.5 Å². The second-order valence-electron chi connectivity index (χ2n) is 11.6. The summed E-state index contributed by atoms with van der Waals surface area (Å²) in [7, 11) is 0. The van der Waals surface area contributed by atoms with E-state index in [2.05, 4.69) is 20.9 Å². The Morgan fingerprint density at radius 3 is 2.41 bits per heavy atom. The molecule has 3 fully saturated rings. The van der Waals surface area contributed by atoms with E-state index in [0.29, 0.717) is 113 Å². The van der Waals surface area contributed by atoms with Crippen molar-refractivity contribution in [2.75, 3.05) is 77.5 Å². The molecule has 1 aliphatic carbocycles. The SMILES string of the molecule is CCCCOC(=O)N1CCN(C(=O)N2CCC(c3[nH]nc4c3C(=O)c3c(NC(=O)NN5CCOCC5)cccc3-4)CC2)CC1. The van der Waals surface area contributed by atoms with Gasteiger partial charge in [-0.15, -0.1) is 0 Å². The van der Waals surface area contributed by atoms with Gasteiger partial charge in [-0.1, -0.05) is 25.5 Å². The monoisotopic (exact) mass is 608 g/mol. The Morgan fingerprint density at radius 1 is 0.977 bits per heavy atom. The lowest BCUT2D eigenvalue weighted by molar-refractivity contribution is 0.0207. The van der Waals surface area contributed by atoms with Gasteiger partial charge in [-0.05, 0) is 25.3 Å². The number of piperazine rings is 1. The smallest absolute Gasteiger partial charge is 0.409 e. The highest BCUT2D eigenvalue weighted by Gasteiger charge is 2.38. The van der Waals surface area contributed by atoms with E-state index in [1.165, 1.54) is 0 Å². The van der Waals surface area contributed by atoms with Crippen LogP contribution in [0, 0.1) is 0 Å². The number of fused-ring (bicyclic) bond motifs is 3. The number of aromatic amines is 1. The molecule has 236 valence electrons. The molecule has 44 heavy (non-hydrogen) atoms. The number of aromatic nitrogens is 2. The minimum Gasteiger partial charge on any atom is -0.449 e. The molecule has 2 aromatic rings. The number of piperidine rings is 1. The van der Waals surface area contributed by atoms with E-state index in [9.17, 15) is 19.2 Å². The van der Waals surface area contributed by atoms with Crippen LogP contribution in [0.15, 0.2) is 18.2 Å². The lowest BCUT2D eigenvalue weighted by Gasteiger charge is -2.39. The van der Waals surface area contributed by atoms with E-state index >= 15 is 0 Å². The summed E-state index contributed by atoms with van der Waals surface area (Å²) in [5.41, 5.74) is 6.33. The van der Waals surface area contributed by atoms with E-state index in [1.807, 2.05) is 17.9 Å². The minimum absolute atomic E-state index is 0.0214. The van der Waals surface area contributed by atoms with Crippen molar-refractivity contribution in [3.63, 3.8) is 0 Å². The molecule has 5 amide bonds. The standard InChI is InChI=1S/C30H40N8O6/c1-2-3-17-44-30(42)37-13-11-36(12-14-37)29(41)35-9-7-20(8-10-35)25-24-26(33-32-25)21-5-4-6-22(23(21)27(24)39)31-28(40)34-38-15-18-43-19-16-38/h4-6,20H,2-3,7-19H2,1H3,(H,32,33)(H2,31,34,40). The maximum Gasteiger partial charge on any atom is 0.409 e. The fourth-order valence-corrected chi connectivity index (χ4v) is 6.30. The number of H-pyrrole nitrogens is 1. The first-order valence-corrected chi connectivity index (χ1v) is 15.6. The van der Waals surface area contributed by atoms with Gasteiger partial charge in [-0.3, -0.25) is 15.3 Å². The number of urea groups is 2. The summed E-state index contributed by atoms with van der Waals surface area (Å²) in [5, 5.41) is 12.3. The quantitative estimate of drug-likeness (QED) is 0.362. The molecule has 0 spiro atoms. The van der Waals surface area contributed by atoms with Gasteiger partial charge in [0.05, 0.1) is 42.3 Å². The van der Waals surface area contributed by atoms with Gasteiger partial charge in [0.15, 0.2) is 5.78 Å². The summed E-state index contributed by atoms with van der Waals surface area (Å²) < 4.78 is 10.6. The molecule has 3 aliphatic heterocycles. The number of carbonyl (C=O) groups is 4. The Labute approximate surface area is 256 Å². The van der Waals surface area contributed by atoms with Gasteiger partial charge in [0.25, 0.3) is 0 Å². The second kappa shape index (κ2) is 13.2. The molecule has 4 aliphatic rings. The topological polar surface area (TPSA) is 152 Å². The van der Waals surface area contributed by atoms with Gasteiger partial charge in [0.1, 0.15) is 5.69 Å². The number of hydrazine groups is 1. The number of ether oxygens (including phenoxy) is 2. The number of likely N-dealkylation sites (tertiary alicyclic amines) is 1. The first-order valence-electron chi connectivity index (χ1n) is 15.6. The Hall–Kier alpha value is -4.17. The number of ketones is 1. The molecule has 0 saturated carbocycles. The van der Waals surface area contributed by atoms with Crippen molar-refractivity contribution in [3.8, 4) is 11.3 Å². The lowest BCUT2D eigenvalue weighted by Crippen LogP contribution is -2.55. The van der Waals surface area contributed by atoms with Crippen LogP contribution in [0.25, 0.3) is 11.3 Å². The van der Waals surface area contributed by atoms with E-state index < -0.39 is 6.03 Å². The molecule has 1 aromatic carbocycles. The Kier molecular flexibility index (Phi) is 8.98. The summed E-state index contributed by atoms with van der Waals surface area (Å²) in [6.07, 6.45) is 2.89. The maximum atomic E-state index is 13.8. The summed E-state index contributed by atoms with van der Waals surface area (Å²) in [4.78, 5) is 57.3. The molecule has 14 heteroatoms. The summed E-state index contributed by atoms with van der Waals surface area (Å²) in [6.45, 7) is 7.74. The zero-order valence-corrected chi connectivity index (χ0v) is 25.1. The molecule has 4 heterocycles. The van der Waals surface area contributed by atoms with Crippen LogP contribution in [0.4, 0.5) is 20.1 Å². The van der Waals surface area contributed by atoms with Crippen molar-refractivity contribution in [1.29, 1.82) is 0 Å². The molecule has 0 unspecified atom stereocenters. The summed E-state index contributed by atoms with van der Waals surface area (Å²) in [5.74, 6) is -0.116. The maximum absolute atomic E-state index is 13.8. The highest BCUT2D eigenvalue weighted by atomic mass is 16.6. The number of amides is 5. The van der Waals surface area contributed by atoms with Crippen molar-refractivity contribution >= 4 is 29.6 Å². The van der Waals surface area contributed by atoms with Gasteiger partial charge in [0.2, 0.25) is 0 Å². The normalized spacial score (nSPS) is 19.0. The van der Waals surface area contributed by atoms with Crippen LogP contribution in [0.1, 0.15) is 60.1 Å². The molecule has 6 rings (SSSR count). The number of hydrogen-bond donors (Lipinski definition) is 3. The molecule has 0 bridgehead atoms. The Bertz CT molecular complexity index is 1390. The zero-order chi connectivity index (χ0) is 30.6. The van der Waals surface area contributed by atoms with Crippen molar-refractivity contribution in [2.45, 2.75) is 38.5 Å². The molecule has 3 N–H and O–H groups in total. The average molecular weight is 609 g/mol. The number of nitrogens with one attached hydrogen (secondary N) is 3. The summed E-state index contributed by atoms with van der Waals surface area (Å²) in [6, 6.07) is 4.95. The molecule has 1 aromatic heterocycles. The first-order chi connectivity index (χ1) is 21.4. The number of unbranched alkanes of at least 4 members (excludes halogenated alkanes) is 1. The Morgan fingerprint density at radius 2 is 1.68 bits per heavy atom. The average Bonchev–Trinajstić information content (AvgIpc) is 3.61. The number of morpholine rings is 1. The van der Waals surface area contributed by atoms with Crippen LogP contribution in [0.5, 0.6) is 0 Å². The predicted octanol–water partition coefficient (Wildman–Crippen LogP) is 2.84. The van der Waals surface area contributed by atoms with Crippen molar-refractivity contribution in [1.82, 2.24) is 35.3 Å². The molecule has 3 saturated heterocycles. The number of hydrogen-bond acceptors (Lipinski definition) is 8. The largest absolute Gasteiger partial charge is 0.449 e. The molecular formula is C30H40N8O6. The van der Waals surface area contributed by atoms with E-state index in [-0.39, 0.29) is 23.8 Å². The number of rotatable bonds is 6. The molecule has 0 atom stereocenters. The predicted molar refractivity (Wildman–Crippen MR) is 160 cm³/mol. The van der Waals surface area contributed by atoms with Crippen LogP contribution in [0.2, 0.25) is 0 Å². The van der Waals surface area contributed by atoms with Crippen LogP contribution < -0.4 is 10.7 Å².